The number of nitro benzene ring substituents is 1. The number of sulfonamides is 1. The second-order valence-corrected chi connectivity index (χ2v) is 9.54. The van der Waals surface area contributed by atoms with E-state index in [1.165, 1.54) is 34.6 Å². The van der Waals surface area contributed by atoms with Crippen LogP contribution in [-0.4, -0.2) is 30.1 Å². The van der Waals surface area contributed by atoms with Crippen molar-refractivity contribution >= 4 is 27.3 Å². The first kappa shape index (κ1) is 21.7. The third kappa shape index (κ3) is 4.25. The molecule has 0 radical (unpaired) electrons. The number of fused-ring (bicyclic) bond motifs is 1. The summed E-state index contributed by atoms with van der Waals surface area (Å²) in [5, 5.41) is 13.7. The van der Waals surface area contributed by atoms with Gasteiger partial charge in [-0.05, 0) is 48.7 Å². The molecule has 0 atom stereocenters. The van der Waals surface area contributed by atoms with Crippen LogP contribution in [0.15, 0.2) is 71.6 Å². The number of hydrogen-bond acceptors (Lipinski definition) is 5. The van der Waals surface area contributed by atoms with E-state index in [9.17, 15) is 23.3 Å². The number of rotatable bonds is 5. The van der Waals surface area contributed by atoms with E-state index in [1.54, 1.807) is 19.1 Å². The zero-order chi connectivity index (χ0) is 22.9. The highest BCUT2D eigenvalue weighted by Gasteiger charge is 2.28. The van der Waals surface area contributed by atoms with E-state index >= 15 is 0 Å². The highest BCUT2D eigenvalue weighted by atomic mass is 32.2. The number of nitrogens with zero attached hydrogens (tertiary/aromatic N) is 2. The fourth-order valence-electron chi connectivity index (χ4n) is 3.71. The molecule has 0 bridgehead atoms. The molecule has 8 nitrogen and oxygen atoms in total. The summed E-state index contributed by atoms with van der Waals surface area (Å²) in [4.78, 5) is 23.4. The molecule has 3 aromatic rings. The number of hydrogen-bond donors (Lipinski definition) is 1. The van der Waals surface area contributed by atoms with Gasteiger partial charge in [0, 0.05) is 36.0 Å². The first-order valence-electron chi connectivity index (χ1n) is 9.99. The SMILES string of the molecule is Cc1ccc(NC(=O)c2cccc(S(=O)(=O)N3CCc4ccccc4C3)c2)cc1[N+](=O)[O-]. The molecule has 1 aliphatic heterocycles. The zero-order valence-electron chi connectivity index (χ0n) is 17.3. The molecule has 1 N–H and O–H groups in total. The van der Waals surface area contributed by atoms with Gasteiger partial charge in [0.25, 0.3) is 11.6 Å². The van der Waals surface area contributed by atoms with Gasteiger partial charge in [-0.15, -0.1) is 0 Å². The van der Waals surface area contributed by atoms with Crippen LogP contribution >= 0.6 is 0 Å². The van der Waals surface area contributed by atoms with Gasteiger partial charge in [-0.1, -0.05) is 36.4 Å². The Bertz CT molecular complexity index is 1320. The fourth-order valence-corrected chi connectivity index (χ4v) is 5.17. The number of anilines is 1. The Morgan fingerprint density at radius 1 is 1.03 bits per heavy atom. The molecule has 0 unspecified atom stereocenters. The van der Waals surface area contributed by atoms with Crippen molar-refractivity contribution in [2.45, 2.75) is 24.8 Å². The van der Waals surface area contributed by atoms with Crippen molar-refractivity contribution in [2.75, 3.05) is 11.9 Å². The van der Waals surface area contributed by atoms with Crippen molar-refractivity contribution in [1.29, 1.82) is 0 Å². The molecule has 3 aromatic carbocycles. The number of benzene rings is 3. The zero-order valence-corrected chi connectivity index (χ0v) is 18.1. The van der Waals surface area contributed by atoms with Crippen molar-refractivity contribution < 1.29 is 18.1 Å². The topological polar surface area (TPSA) is 110 Å². The second kappa shape index (κ2) is 8.52. The number of amides is 1. The summed E-state index contributed by atoms with van der Waals surface area (Å²) < 4.78 is 27.8. The van der Waals surface area contributed by atoms with E-state index in [-0.39, 0.29) is 28.4 Å². The van der Waals surface area contributed by atoms with Gasteiger partial charge in [-0.25, -0.2) is 8.42 Å². The van der Waals surface area contributed by atoms with Crippen molar-refractivity contribution in [2.24, 2.45) is 0 Å². The van der Waals surface area contributed by atoms with Crippen LogP contribution in [0.3, 0.4) is 0 Å². The lowest BCUT2D eigenvalue weighted by Crippen LogP contribution is -2.36. The smallest absolute Gasteiger partial charge is 0.274 e. The third-order valence-electron chi connectivity index (χ3n) is 5.49. The Morgan fingerprint density at radius 2 is 1.78 bits per heavy atom. The molecule has 9 heteroatoms. The summed E-state index contributed by atoms with van der Waals surface area (Å²) in [5.41, 5.74) is 2.88. The minimum absolute atomic E-state index is 0.0272. The van der Waals surface area contributed by atoms with E-state index in [4.69, 9.17) is 0 Å². The van der Waals surface area contributed by atoms with Gasteiger partial charge in [-0.2, -0.15) is 4.31 Å². The molecule has 1 amide bonds. The van der Waals surface area contributed by atoms with Crippen molar-refractivity contribution in [1.82, 2.24) is 4.31 Å². The molecule has 1 aliphatic rings. The van der Waals surface area contributed by atoms with Crippen molar-refractivity contribution in [3.8, 4) is 0 Å². The Balaban J connectivity index is 1.56. The molecule has 0 aromatic heterocycles. The van der Waals surface area contributed by atoms with Gasteiger partial charge in [0.15, 0.2) is 0 Å². The third-order valence-corrected chi connectivity index (χ3v) is 7.33. The normalized spacial score (nSPS) is 13.9. The summed E-state index contributed by atoms with van der Waals surface area (Å²) in [6.45, 7) is 2.25. The summed E-state index contributed by atoms with van der Waals surface area (Å²) >= 11 is 0. The first-order valence-corrected chi connectivity index (χ1v) is 11.4. The number of nitrogens with one attached hydrogen (secondary N) is 1. The van der Waals surface area contributed by atoms with Gasteiger partial charge in [0.2, 0.25) is 10.0 Å². The maximum Gasteiger partial charge on any atom is 0.274 e. The summed E-state index contributed by atoms with van der Waals surface area (Å²) in [7, 11) is -3.79. The van der Waals surface area contributed by atoms with E-state index in [1.807, 2.05) is 24.3 Å². The standard InChI is InChI=1S/C23H21N3O5S/c1-16-9-10-20(14-22(16)26(28)29)24-23(27)18-7-4-8-21(13-18)32(30,31)25-12-11-17-5-2-3-6-19(17)15-25/h2-10,13-14H,11-12,15H2,1H3,(H,24,27). The lowest BCUT2D eigenvalue weighted by molar-refractivity contribution is -0.385. The average molecular weight is 452 g/mol. The molecule has 0 spiro atoms. The maximum atomic E-state index is 13.2. The van der Waals surface area contributed by atoms with Crippen LogP contribution in [0.25, 0.3) is 0 Å². The van der Waals surface area contributed by atoms with Crippen molar-refractivity contribution in [3.63, 3.8) is 0 Å². The quantitative estimate of drug-likeness (QED) is 0.467. The average Bonchev–Trinajstić information content (AvgIpc) is 2.79. The predicted molar refractivity (Wildman–Crippen MR) is 120 cm³/mol. The largest absolute Gasteiger partial charge is 0.322 e. The summed E-state index contributed by atoms with van der Waals surface area (Å²) in [6.07, 6.45) is 0.627. The van der Waals surface area contributed by atoms with E-state index in [0.717, 1.165) is 11.1 Å². The Labute approximate surface area is 185 Å². The van der Waals surface area contributed by atoms with Crippen LogP contribution < -0.4 is 5.32 Å². The molecule has 4 rings (SSSR count). The van der Waals surface area contributed by atoms with Crippen LogP contribution in [0.2, 0.25) is 0 Å². The molecule has 0 aliphatic carbocycles. The fraction of sp³-hybridized carbons (Fsp3) is 0.174. The number of aryl methyl sites for hydroxylation is 1. The molecule has 0 saturated heterocycles. The predicted octanol–water partition coefficient (Wildman–Crippen LogP) is 3.90. The highest BCUT2D eigenvalue weighted by molar-refractivity contribution is 7.89. The van der Waals surface area contributed by atoms with Crippen LogP contribution in [0.5, 0.6) is 0 Å². The Morgan fingerprint density at radius 3 is 2.53 bits per heavy atom. The van der Waals surface area contributed by atoms with Gasteiger partial charge >= 0.3 is 0 Å². The van der Waals surface area contributed by atoms with Gasteiger partial charge in [0.05, 0.1) is 9.82 Å². The van der Waals surface area contributed by atoms with Crippen LogP contribution in [-0.2, 0) is 23.0 Å². The molecular weight excluding hydrogens is 430 g/mol. The molecular formula is C23H21N3O5S. The lowest BCUT2D eigenvalue weighted by Gasteiger charge is -2.28. The first-order chi connectivity index (χ1) is 15.3. The van der Waals surface area contributed by atoms with Gasteiger partial charge in [-0.3, -0.25) is 14.9 Å². The van der Waals surface area contributed by atoms with Crippen LogP contribution in [0, 0.1) is 17.0 Å². The van der Waals surface area contributed by atoms with E-state index in [0.29, 0.717) is 18.5 Å². The molecule has 164 valence electrons. The van der Waals surface area contributed by atoms with Gasteiger partial charge in [0.1, 0.15) is 0 Å². The van der Waals surface area contributed by atoms with E-state index < -0.39 is 20.9 Å². The molecule has 32 heavy (non-hydrogen) atoms. The summed E-state index contributed by atoms with van der Waals surface area (Å²) in [6, 6.07) is 17.9. The number of carbonyl (C=O) groups is 1. The lowest BCUT2D eigenvalue weighted by atomic mass is 10.0. The Kier molecular flexibility index (Phi) is 5.77. The van der Waals surface area contributed by atoms with Crippen molar-refractivity contribution in [3.05, 3.63) is 99.1 Å². The van der Waals surface area contributed by atoms with Crippen LogP contribution in [0.4, 0.5) is 11.4 Å². The summed E-state index contributed by atoms with van der Waals surface area (Å²) in [5.74, 6) is -0.552. The number of carbonyl (C=O) groups excluding carboxylic acids is 1. The molecule has 1 heterocycles. The highest BCUT2D eigenvalue weighted by Crippen LogP contribution is 2.26. The second-order valence-electron chi connectivity index (χ2n) is 7.60. The maximum absolute atomic E-state index is 13.2. The molecule has 0 saturated carbocycles. The van der Waals surface area contributed by atoms with Crippen LogP contribution in [0.1, 0.15) is 27.0 Å². The molecule has 0 fully saturated rings. The minimum atomic E-state index is -3.79. The number of nitro groups is 1. The minimum Gasteiger partial charge on any atom is -0.322 e. The van der Waals surface area contributed by atoms with Gasteiger partial charge < -0.3 is 5.32 Å². The monoisotopic (exact) mass is 451 g/mol. The Hall–Kier alpha value is -3.56. The van der Waals surface area contributed by atoms with E-state index in [2.05, 4.69) is 5.32 Å².